The summed E-state index contributed by atoms with van der Waals surface area (Å²) in [6, 6.07) is 13.3. The highest BCUT2D eigenvalue weighted by molar-refractivity contribution is 7.92. The number of carbonyl (C=O) groups excluding carboxylic acids is 1. The van der Waals surface area contributed by atoms with Gasteiger partial charge >= 0.3 is 0 Å². The Balaban J connectivity index is 1.89. The predicted molar refractivity (Wildman–Crippen MR) is 113 cm³/mol. The third-order valence-electron chi connectivity index (χ3n) is 4.24. The van der Waals surface area contributed by atoms with E-state index in [0.29, 0.717) is 31.2 Å². The molecule has 1 N–H and O–H groups in total. The first-order chi connectivity index (χ1) is 13.8. The van der Waals surface area contributed by atoms with E-state index >= 15 is 0 Å². The first-order valence-electron chi connectivity index (χ1n) is 9.47. The molecule has 7 nitrogen and oxygen atoms in total. The average Bonchev–Trinajstić information content (AvgIpc) is 2.72. The minimum absolute atomic E-state index is 0.106. The van der Waals surface area contributed by atoms with Gasteiger partial charge in [-0.15, -0.1) is 0 Å². The predicted octanol–water partition coefficient (Wildman–Crippen LogP) is 2.74. The van der Waals surface area contributed by atoms with Gasteiger partial charge in [-0.25, -0.2) is 8.42 Å². The molecule has 0 saturated heterocycles. The molecule has 0 aliphatic heterocycles. The molecule has 0 saturated carbocycles. The van der Waals surface area contributed by atoms with E-state index in [9.17, 15) is 13.2 Å². The lowest BCUT2D eigenvalue weighted by molar-refractivity contribution is -0.123. The summed E-state index contributed by atoms with van der Waals surface area (Å²) in [5.74, 6) is 0.268. The maximum atomic E-state index is 12.7. The van der Waals surface area contributed by atoms with E-state index < -0.39 is 10.0 Å². The van der Waals surface area contributed by atoms with Crippen LogP contribution in [0.3, 0.4) is 0 Å². The number of nitrogens with zero attached hydrogens (tertiary/aromatic N) is 1. The number of aryl methyl sites for hydroxylation is 1. The van der Waals surface area contributed by atoms with Crippen LogP contribution in [-0.2, 0) is 19.6 Å². The first-order valence-corrected chi connectivity index (χ1v) is 10.9. The Labute approximate surface area is 172 Å². The molecule has 8 heteroatoms. The van der Waals surface area contributed by atoms with Crippen molar-refractivity contribution in [1.29, 1.82) is 0 Å². The molecule has 0 bridgehead atoms. The van der Waals surface area contributed by atoms with E-state index in [2.05, 4.69) is 5.32 Å². The number of amides is 1. The van der Waals surface area contributed by atoms with Crippen molar-refractivity contribution < 1.29 is 22.7 Å². The Bertz CT molecular complexity index is 880. The van der Waals surface area contributed by atoms with Crippen LogP contribution in [0.1, 0.15) is 18.9 Å². The zero-order valence-corrected chi connectivity index (χ0v) is 17.9. The van der Waals surface area contributed by atoms with Crippen LogP contribution in [-0.4, -0.2) is 47.7 Å². The Morgan fingerprint density at radius 3 is 2.34 bits per heavy atom. The van der Waals surface area contributed by atoms with Gasteiger partial charge in [0.25, 0.3) is 15.9 Å². The summed E-state index contributed by atoms with van der Waals surface area (Å²) in [4.78, 5) is 12.0. The van der Waals surface area contributed by atoms with Crippen LogP contribution < -0.4 is 14.4 Å². The standard InChI is InChI=1S/C21H28N2O5S/c1-4-27-15-5-14-22-21(24)16-28-19-10-8-18(9-11-19)23(3)29(25,26)20-12-6-17(2)7-13-20/h6-13H,4-5,14-16H2,1-3H3,(H,22,24). The molecule has 0 fully saturated rings. The van der Waals surface area contributed by atoms with Crippen LogP contribution in [0.5, 0.6) is 5.75 Å². The smallest absolute Gasteiger partial charge is 0.264 e. The quantitative estimate of drug-likeness (QED) is 0.565. The molecule has 0 atom stereocenters. The second-order valence-electron chi connectivity index (χ2n) is 6.47. The third kappa shape index (κ3) is 6.76. The molecule has 2 aromatic carbocycles. The van der Waals surface area contributed by atoms with Gasteiger partial charge in [-0.1, -0.05) is 17.7 Å². The monoisotopic (exact) mass is 420 g/mol. The molecule has 1 amide bonds. The van der Waals surface area contributed by atoms with Gasteiger partial charge in [-0.2, -0.15) is 0 Å². The third-order valence-corrected chi connectivity index (χ3v) is 6.04. The molecule has 0 spiro atoms. The summed E-state index contributed by atoms with van der Waals surface area (Å²) in [6.07, 6.45) is 0.746. The van der Waals surface area contributed by atoms with Crippen LogP contribution in [0.15, 0.2) is 53.4 Å². The summed E-state index contributed by atoms with van der Waals surface area (Å²) >= 11 is 0. The zero-order chi connectivity index (χ0) is 21.3. The number of nitrogens with one attached hydrogen (secondary N) is 1. The van der Waals surface area contributed by atoms with E-state index in [4.69, 9.17) is 9.47 Å². The number of hydrogen-bond donors (Lipinski definition) is 1. The highest BCUT2D eigenvalue weighted by Gasteiger charge is 2.21. The SMILES string of the molecule is CCOCCCNC(=O)COc1ccc(N(C)S(=O)(=O)c2ccc(C)cc2)cc1. The van der Waals surface area contributed by atoms with Crippen molar-refractivity contribution in [3.8, 4) is 5.75 Å². The number of ether oxygens (including phenoxy) is 2. The lowest BCUT2D eigenvalue weighted by atomic mass is 10.2. The summed E-state index contributed by atoms with van der Waals surface area (Å²) in [7, 11) is -2.15. The van der Waals surface area contributed by atoms with Crippen molar-refractivity contribution in [2.24, 2.45) is 0 Å². The molecule has 158 valence electrons. The fourth-order valence-electron chi connectivity index (χ4n) is 2.51. The molecule has 0 heterocycles. The largest absolute Gasteiger partial charge is 0.484 e. The van der Waals surface area contributed by atoms with Crippen LogP contribution in [0.25, 0.3) is 0 Å². The lowest BCUT2D eigenvalue weighted by Gasteiger charge is -2.20. The van der Waals surface area contributed by atoms with Gasteiger partial charge in [0.1, 0.15) is 5.75 Å². The van der Waals surface area contributed by atoms with Gasteiger partial charge in [-0.05, 0) is 56.7 Å². The van der Waals surface area contributed by atoms with E-state index in [-0.39, 0.29) is 17.4 Å². The topological polar surface area (TPSA) is 84.9 Å². The van der Waals surface area contributed by atoms with Crippen LogP contribution in [0.4, 0.5) is 5.69 Å². The molecule has 2 rings (SSSR count). The van der Waals surface area contributed by atoms with Crippen molar-refractivity contribution in [3.63, 3.8) is 0 Å². The number of rotatable bonds is 11. The highest BCUT2D eigenvalue weighted by Crippen LogP contribution is 2.24. The summed E-state index contributed by atoms with van der Waals surface area (Å²) < 4.78 is 37.4. The van der Waals surface area contributed by atoms with Crippen molar-refractivity contribution in [1.82, 2.24) is 5.32 Å². The Morgan fingerprint density at radius 2 is 1.72 bits per heavy atom. The zero-order valence-electron chi connectivity index (χ0n) is 17.1. The van der Waals surface area contributed by atoms with E-state index in [1.807, 2.05) is 13.8 Å². The molecule has 0 unspecified atom stereocenters. The molecular formula is C21H28N2O5S. The van der Waals surface area contributed by atoms with E-state index in [1.165, 1.54) is 11.4 Å². The summed E-state index contributed by atoms with van der Waals surface area (Å²) in [5, 5.41) is 2.75. The van der Waals surface area contributed by atoms with Crippen LogP contribution >= 0.6 is 0 Å². The fraction of sp³-hybridized carbons (Fsp3) is 0.381. The minimum atomic E-state index is -3.65. The van der Waals surface area contributed by atoms with Gasteiger partial charge in [0.05, 0.1) is 10.6 Å². The van der Waals surface area contributed by atoms with Gasteiger partial charge < -0.3 is 14.8 Å². The van der Waals surface area contributed by atoms with Crippen molar-refractivity contribution in [2.45, 2.75) is 25.2 Å². The average molecular weight is 421 g/mol. The Hall–Kier alpha value is -2.58. The molecule has 2 aromatic rings. The summed E-state index contributed by atoms with van der Waals surface area (Å²) in [5.41, 5.74) is 1.49. The Kier molecular flexibility index (Phi) is 8.48. The lowest BCUT2D eigenvalue weighted by Crippen LogP contribution is -2.30. The second kappa shape index (κ2) is 10.8. The number of carbonyl (C=O) groups is 1. The molecular weight excluding hydrogens is 392 g/mol. The fourth-order valence-corrected chi connectivity index (χ4v) is 3.70. The molecule has 29 heavy (non-hydrogen) atoms. The van der Waals surface area contributed by atoms with Gasteiger partial charge in [0, 0.05) is 26.8 Å². The molecule has 0 aliphatic rings. The van der Waals surface area contributed by atoms with E-state index in [0.717, 1.165) is 12.0 Å². The molecule has 0 aliphatic carbocycles. The number of anilines is 1. The highest BCUT2D eigenvalue weighted by atomic mass is 32.2. The Morgan fingerprint density at radius 1 is 1.07 bits per heavy atom. The maximum absolute atomic E-state index is 12.7. The molecule has 0 aromatic heterocycles. The number of hydrogen-bond acceptors (Lipinski definition) is 5. The van der Waals surface area contributed by atoms with Gasteiger partial charge in [-0.3, -0.25) is 9.10 Å². The van der Waals surface area contributed by atoms with Crippen LogP contribution in [0, 0.1) is 6.92 Å². The van der Waals surface area contributed by atoms with E-state index in [1.54, 1.807) is 48.5 Å². The van der Waals surface area contributed by atoms with Crippen molar-refractivity contribution in [2.75, 3.05) is 37.7 Å². The second-order valence-corrected chi connectivity index (χ2v) is 8.44. The van der Waals surface area contributed by atoms with Gasteiger partial charge in [0.15, 0.2) is 6.61 Å². The number of sulfonamides is 1. The van der Waals surface area contributed by atoms with Crippen LogP contribution in [0.2, 0.25) is 0 Å². The molecule has 0 radical (unpaired) electrons. The first kappa shape index (κ1) is 22.7. The summed E-state index contributed by atoms with van der Waals surface area (Å²) in [6.45, 7) is 5.52. The minimum Gasteiger partial charge on any atom is -0.484 e. The van der Waals surface area contributed by atoms with Gasteiger partial charge in [0.2, 0.25) is 0 Å². The maximum Gasteiger partial charge on any atom is 0.264 e. The van der Waals surface area contributed by atoms with Crippen molar-refractivity contribution >= 4 is 21.6 Å². The number of benzene rings is 2. The van der Waals surface area contributed by atoms with Crippen molar-refractivity contribution in [3.05, 3.63) is 54.1 Å². The normalized spacial score (nSPS) is 11.1.